The van der Waals surface area contributed by atoms with E-state index in [-0.39, 0.29) is 58.4 Å². The Bertz CT molecular complexity index is 1990. The molecule has 0 aliphatic carbocycles. The van der Waals surface area contributed by atoms with Gasteiger partial charge in [0.2, 0.25) is 5.52 Å². The van der Waals surface area contributed by atoms with Crippen molar-refractivity contribution in [2.45, 2.75) is 42.0 Å². The van der Waals surface area contributed by atoms with Crippen LogP contribution in [0.2, 0.25) is 0 Å². The van der Waals surface area contributed by atoms with Gasteiger partial charge >= 0.3 is 35.5 Å². The van der Waals surface area contributed by atoms with Gasteiger partial charge in [0.1, 0.15) is 32.3 Å². The number of benzene rings is 3. The normalized spacial score (nSPS) is 12.2. The van der Waals surface area contributed by atoms with Gasteiger partial charge in [-0.1, -0.05) is 18.2 Å². The van der Waals surface area contributed by atoms with E-state index in [9.17, 15) is 30.7 Å². The molecule has 0 aliphatic heterocycles. The second kappa shape index (κ2) is 11.5. The summed E-state index contributed by atoms with van der Waals surface area (Å²) in [5.41, 5.74) is 1.06. The molecule has 0 atom stereocenters. The molecule has 40 heavy (non-hydrogen) atoms. The van der Waals surface area contributed by atoms with Gasteiger partial charge in [-0.3, -0.25) is 4.79 Å². The second-order valence-electron chi connectivity index (χ2n) is 9.00. The third-order valence-corrected chi connectivity index (χ3v) is 8.08. The molecule has 0 unspecified atom stereocenters. The molecule has 2 heterocycles. The Hall–Kier alpha value is -2.91. The summed E-state index contributed by atoms with van der Waals surface area (Å²) in [6.45, 7) is 0.479. The number of nitrogens with zero attached hydrogens (tertiary/aromatic N) is 2. The fourth-order valence-corrected chi connectivity index (χ4v) is 5.76. The molecular formula is C26H21N2NaO9S2. The third-order valence-electron chi connectivity index (χ3n) is 6.40. The Morgan fingerprint density at radius 2 is 1.65 bits per heavy atom. The topological polar surface area (TPSA) is 182 Å². The smallest absolute Gasteiger partial charge is 0.744 e. The van der Waals surface area contributed by atoms with E-state index in [4.69, 9.17) is 9.52 Å². The average molecular weight is 593 g/mol. The second-order valence-corrected chi connectivity index (χ2v) is 11.7. The van der Waals surface area contributed by atoms with Gasteiger partial charge in [-0.05, 0) is 48.6 Å². The molecule has 202 valence electrons. The number of fused-ring (bicyclic) bond motifs is 4. The van der Waals surface area contributed by atoms with Gasteiger partial charge in [-0.25, -0.2) is 21.8 Å². The molecule has 0 saturated carbocycles. The predicted molar refractivity (Wildman–Crippen MR) is 137 cm³/mol. The quantitative estimate of drug-likeness (QED) is 0.110. The molecule has 0 saturated heterocycles. The van der Waals surface area contributed by atoms with Crippen molar-refractivity contribution in [1.82, 2.24) is 4.98 Å². The molecular weight excluding hydrogens is 571 g/mol. The SMILES string of the molecule is O=C(O)CCCCC[n+]1c(-c2nc3c(o2)c(S(=O)(=O)[O-])cc2cc(S(=O)(=O)[O-])ccc23)ccc2ccccc21.[Na+]. The molecule has 14 heteroatoms. The van der Waals surface area contributed by atoms with Crippen LogP contribution in [0.25, 0.3) is 44.4 Å². The minimum Gasteiger partial charge on any atom is -0.744 e. The van der Waals surface area contributed by atoms with E-state index in [1.54, 1.807) is 6.07 Å². The molecule has 11 nitrogen and oxygen atoms in total. The summed E-state index contributed by atoms with van der Waals surface area (Å²) in [6, 6.07) is 15.5. The van der Waals surface area contributed by atoms with Crippen molar-refractivity contribution in [3.63, 3.8) is 0 Å². The van der Waals surface area contributed by atoms with E-state index in [0.29, 0.717) is 36.9 Å². The van der Waals surface area contributed by atoms with Gasteiger partial charge in [-0.2, -0.15) is 4.57 Å². The van der Waals surface area contributed by atoms with Gasteiger partial charge in [0.25, 0.3) is 11.6 Å². The summed E-state index contributed by atoms with van der Waals surface area (Å²) in [5.74, 6) is -0.837. The number of hydrogen-bond donors (Lipinski definition) is 1. The Labute approximate surface area is 251 Å². The zero-order valence-electron chi connectivity index (χ0n) is 21.2. The van der Waals surface area contributed by atoms with E-state index < -0.39 is 36.0 Å². The number of oxazole rings is 1. The van der Waals surface area contributed by atoms with Crippen LogP contribution in [0.1, 0.15) is 25.7 Å². The Kier molecular flexibility index (Phi) is 8.66. The summed E-state index contributed by atoms with van der Waals surface area (Å²) in [7, 11) is -9.91. The number of unbranched alkanes of at least 4 members (excludes halogenated alkanes) is 2. The standard InChI is InChI=1S/C26H22N2O9S2.Na/c29-23(30)8-2-1-5-13-28-20-7-4-3-6-16(20)9-12-21(28)26-27-24-19-11-10-18(38(31,32)33)14-17(19)15-22(25(24)37-26)39(34,35)36;/h3-4,6-7,9-12,14-15H,1-2,5,8,13H2,(H2-,29,30,31,32,33,34,35,36);/q;+1/p-1. The number of aromatic nitrogens is 2. The summed E-state index contributed by atoms with van der Waals surface area (Å²) in [5, 5.41) is 10.1. The zero-order valence-corrected chi connectivity index (χ0v) is 24.9. The van der Waals surface area contributed by atoms with Crippen molar-refractivity contribution in [2.75, 3.05) is 0 Å². The van der Waals surface area contributed by atoms with Crippen LogP contribution in [0.5, 0.6) is 0 Å². The van der Waals surface area contributed by atoms with E-state index in [2.05, 4.69) is 4.98 Å². The molecule has 5 aromatic rings. The summed E-state index contributed by atoms with van der Waals surface area (Å²) >= 11 is 0. The molecule has 0 fully saturated rings. The number of hydrogen-bond acceptors (Lipinski definition) is 9. The Morgan fingerprint density at radius 1 is 0.900 bits per heavy atom. The van der Waals surface area contributed by atoms with Crippen LogP contribution in [0.3, 0.4) is 0 Å². The van der Waals surface area contributed by atoms with Crippen molar-refractivity contribution in [1.29, 1.82) is 0 Å². The molecule has 2 aromatic heterocycles. The average Bonchev–Trinajstić information content (AvgIpc) is 3.31. The van der Waals surface area contributed by atoms with Gasteiger partial charge in [0.15, 0.2) is 5.58 Å². The van der Waals surface area contributed by atoms with Gasteiger partial charge in [-0.15, -0.1) is 0 Å². The fourth-order valence-electron chi connectivity index (χ4n) is 4.62. The van der Waals surface area contributed by atoms with E-state index in [1.165, 1.54) is 6.07 Å². The maximum atomic E-state index is 12.1. The number of aliphatic carboxylic acids is 1. The molecule has 0 aliphatic rings. The molecule has 0 spiro atoms. The van der Waals surface area contributed by atoms with E-state index in [1.807, 2.05) is 34.9 Å². The molecule has 3 aromatic carbocycles. The monoisotopic (exact) mass is 592 g/mol. The minimum absolute atomic E-state index is 0. The number of carboxylic acids is 1. The van der Waals surface area contributed by atoms with Crippen molar-refractivity contribution in [3.05, 3.63) is 60.7 Å². The third kappa shape index (κ3) is 6.05. The maximum absolute atomic E-state index is 12.1. The van der Waals surface area contributed by atoms with Crippen molar-refractivity contribution < 1.29 is 74.4 Å². The summed E-state index contributed by atoms with van der Waals surface area (Å²) in [4.78, 5) is 14.1. The first-order chi connectivity index (χ1) is 18.4. The zero-order chi connectivity index (χ0) is 27.9. The molecule has 5 rings (SSSR count). The van der Waals surface area contributed by atoms with E-state index >= 15 is 0 Å². The van der Waals surface area contributed by atoms with Crippen LogP contribution in [0, 0.1) is 0 Å². The number of carbonyl (C=O) groups is 1. The first-order valence-corrected chi connectivity index (χ1v) is 14.7. The number of pyridine rings is 1. The van der Waals surface area contributed by atoms with Gasteiger partial charge in [0.05, 0.1) is 9.79 Å². The van der Waals surface area contributed by atoms with Gasteiger partial charge < -0.3 is 18.6 Å². The first-order valence-electron chi connectivity index (χ1n) is 11.9. The minimum atomic E-state index is -5.08. The summed E-state index contributed by atoms with van der Waals surface area (Å²) in [6.07, 6.45) is 1.88. The molecule has 1 N–H and O–H groups in total. The van der Waals surface area contributed by atoms with Crippen LogP contribution < -0.4 is 34.1 Å². The molecule has 0 radical (unpaired) electrons. The fraction of sp³-hybridized carbons (Fsp3) is 0.192. The van der Waals surface area contributed by atoms with Crippen LogP contribution in [0.15, 0.2) is 74.9 Å². The number of para-hydroxylation sites is 1. The van der Waals surface area contributed by atoms with Crippen LogP contribution in [-0.4, -0.2) is 42.0 Å². The maximum Gasteiger partial charge on any atom is 1.00 e. The molecule has 0 bridgehead atoms. The number of carboxylic acid groups (broad SMARTS) is 1. The van der Waals surface area contributed by atoms with Crippen LogP contribution >= 0.6 is 0 Å². The van der Waals surface area contributed by atoms with E-state index in [0.717, 1.165) is 29.1 Å². The number of aryl methyl sites for hydroxylation is 1. The first kappa shape index (κ1) is 30.1. The van der Waals surface area contributed by atoms with Crippen molar-refractivity contribution in [3.8, 4) is 11.6 Å². The number of rotatable bonds is 9. The molecule has 0 amide bonds. The van der Waals surface area contributed by atoms with Crippen LogP contribution in [0.4, 0.5) is 0 Å². The Balaban J connectivity index is 0.00000370. The van der Waals surface area contributed by atoms with Crippen LogP contribution in [-0.2, 0) is 31.6 Å². The largest absolute Gasteiger partial charge is 1.00 e. The van der Waals surface area contributed by atoms with Gasteiger partial charge in [0, 0.05) is 35.7 Å². The van der Waals surface area contributed by atoms with Crippen molar-refractivity contribution >= 4 is 59.0 Å². The predicted octanol–water partition coefficient (Wildman–Crippen LogP) is 0.546. The summed E-state index contributed by atoms with van der Waals surface area (Å²) < 4.78 is 78.8. The Morgan fingerprint density at radius 3 is 2.35 bits per heavy atom. The van der Waals surface area contributed by atoms with Crippen molar-refractivity contribution in [2.24, 2.45) is 0 Å².